The fourth-order valence-corrected chi connectivity index (χ4v) is 5.03. The maximum absolute atomic E-state index is 14.4. The number of alkyl halides is 3. The van der Waals surface area contributed by atoms with E-state index in [9.17, 15) is 18.0 Å². The quantitative estimate of drug-likeness (QED) is 0.191. The third kappa shape index (κ3) is 5.56. The lowest BCUT2D eigenvalue weighted by Gasteiger charge is -2.47. The summed E-state index contributed by atoms with van der Waals surface area (Å²) >= 11 is 0. The Balaban J connectivity index is 1.94. The number of allylic oxidation sites excluding steroid dienone is 1. The average molecular weight is 503 g/mol. The van der Waals surface area contributed by atoms with Gasteiger partial charge in [-0.25, -0.2) is 4.79 Å². The van der Waals surface area contributed by atoms with Crippen molar-refractivity contribution in [2.24, 2.45) is 5.41 Å². The zero-order valence-corrected chi connectivity index (χ0v) is 20.1. The van der Waals surface area contributed by atoms with Gasteiger partial charge >= 0.3 is 12.1 Å². The molecule has 0 amide bonds. The molecule has 0 aromatic heterocycles. The van der Waals surface area contributed by atoms with Crippen molar-refractivity contribution in [1.82, 2.24) is 0 Å². The first kappa shape index (κ1) is 27.6. The van der Waals surface area contributed by atoms with Gasteiger partial charge in [0, 0.05) is 38.0 Å². The van der Waals surface area contributed by atoms with Gasteiger partial charge in [0.15, 0.2) is 5.79 Å². The highest BCUT2D eigenvalue weighted by atomic mass is 19.4. The smallest absolute Gasteiger partial charge is 0.432 e. The Labute approximate surface area is 203 Å². The fraction of sp³-hybridized carbons (Fsp3) is 0.640. The maximum atomic E-state index is 14.4. The van der Waals surface area contributed by atoms with E-state index in [-0.39, 0.29) is 19.0 Å². The van der Waals surface area contributed by atoms with Crippen LogP contribution >= 0.6 is 0 Å². The first-order chi connectivity index (χ1) is 16.7. The van der Waals surface area contributed by atoms with Gasteiger partial charge in [-0.1, -0.05) is 36.4 Å². The van der Waals surface area contributed by atoms with E-state index >= 15 is 0 Å². The molecule has 3 rings (SSSR count). The maximum Gasteiger partial charge on any atom is 0.432 e. The van der Waals surface area contributed by atoms with E-state index in [4.69, 9.17) is 28.4 Å². The van der Waals surface area contributed by atoms with Crippen LogP contribution in [-0.2, 0) is 38.8 Å². The number of ether oxygens (including phenoxy) is 6. The van der Waals surface area contributed by atoms with Gasteiger partial charge < -0.3 is 28.4 Å². The molecular formula is C25H33F3O7. The molecule has 10 heteroatoms. The van der Waals surface area contributed by atoms with Crippen LogP contribution in [0.25, 0.3) is 0 Å². The Morgan fingerprint density at radius 2 is 1.74 bits per heavy atom. The van der Waals surface area contributed by atoms with E-state index < -0.39 is 35.1 Å². The minimum absolute atomic E-state index is 0.109. The molecule has 1 aliphatic heterocycles. The summed E-state index contributed by atoms with van der Waals surface area (Å²) < 4.78 is 75.9. The van der Waals surface area contributed by atoms with Gasteiger partial charge in [-0.05, 0) is 19.3 Å². The van der Waals surface area contributed by atoms with E-state index in [0.29, 0.717) is 45.3 Å². The summed E-state index contributed by atoms with van der Waals surface area (Å²) in [5, 5.41) is 0. The highest BCUT2D eigenvalue weighted by Gasteiger charge is 2.65. The second kappa shape index (κ2) is 11.4. The molecule has 1 heterocycles. The number of carbonyl (C=O) groups is 1. The molecule has 0 unspecified atom stereocenters. The molecule has 1 aromatic rings. The largest absolute Gasteiger partial charge is 0.457 e. The van der Waals surface area contributed by atoms with Gasteiger partial charge in [-0.15, -0.1) is 6.58 Å². The third-order valence-corrected chi connectivity index (χ3v) is 6.95. The lowest BCUT2D eigenvalue weighted by molar-refractivity contribution is -0.282. The molecule has 196 valence electrons. The van der Waals surface area contributed by atoms with Crippen LogP contribution in [0.3, 0.4) is 0 Å². The Hall–Kier alpha value is -1.98. The van der Waals surface area contributed by atoms with Gasteiger partial charge in [0.1, 0.15) is 12.9 Å². The molecule has 7 nitrogen and oxygen atoms in total. The number of hydrogen-bond donors (Lipinski definition) is 0. The van der Waals surface area contributed by atoms with E-state index in [1.54, 1.807) is 12.1 Å². The van der Waals surface area contributed by atoms with E-state index in [1.165, 1.54) is 31.4 Å². The molecule has 0 radical (unpaired) electrons. The van der Waals surface area contributed by atoms with Crippen LogP contribution < -0.4 is 0 Å². The van der Waals surface area contributed by atoms with Gasteiger partial charge in [0.2, 0.25) is 0 Å². The molecule has 1 aliphatic carbocycles. The second-order valence-electron chi connectivity index (χ2n) is 8.88. The van der Waals surface area contributed by atoms with Crippen molar-refractivity contribution in [3.63, 3.8) is 0 Å². The normalized spacial score (nSPS) is 21.9. The summed E-state index contributed by atoms with van der Waals surface area (Å²) in [5.41, 5.74) is -4.39. The van der Waals surface area contributed by atoms with Crippen molar-refractivity contribution < 1.29 is 46.4 Å². The van der Waals surface area contributed by atoms with Crippen LogP contribution in [0.1, 0.15) is 37.7 Å². The Kier molecular flexibility index (Phi) is 8.98. The molecule has 1 saturated heterocycles. The van der Waals surface area contributed by atoms with Crippen molar-refractivity contribution in [2.75, 3.05) is 40.8 Å². The zero-order chi connectivity index (χ0) is 25.6. The number of rotatable bonds is 11. The molecule has 1 spiro atoms. The molecule has 1 saturated carbocycles. The fourth-order valence-electron chi connectivity index (χ4n) is 5.03. The lowest BCUT2D eigenvalue weighted by atomic mass is 9.66. The van der Waals surface area contributed by atoms with Crippen LogP contribution in [0.2, 0.25) is 0 Å². The Bertz CT molecular complexity index is 829. The monoisotopic (exact) mass is 502 g/mol. The Morgan fingerprint density at radius 1 is 1.11 bits per heavy atom. The standard InChI is InChI=1S/C25H33F3O7/c1-4-10-22(11-13-23(14-12-22)33-15-16-34-23)20(17-32-18-30-2)35-21(29)24(31-3,25(26,27)28)19-8-6-5-7-9-19/h4-9,20H,1,10-18H2,2-3H3/t20-,24-/m0/s1. The van der Waals surface area contributed by atoms with E-state index in [1.807, 2.05) is 0 Å². The zero-order valence-electron chi connectivity index (χ0n) is 20.1. The highest BCUT2D eigenvalue weighted by Crippen LogP contribution is 2.51. The van der Waals surface area contributed by atoms with Crippen molar-refractivity contribution in [3.8, 4) is 0 Å². The summed E-state index contributed by atoms with van der Waals surface area (Å²) in [7, 11) is 2.27. The molecule has 35 heavy (non-hydrogen) atoms. The van der Waals surface area contributed by atoms with Crippen molar-refractivity contribution >= 4 is 5.97 Å². The number of halogens is 3. The second-order valence-corrected chi connectivity index (χ2v) is 8.88. The minimum atomic E-state index is -5.08. The van der Waals surface area contributed by atoms with Crippen LogP contribution in [0.5, 0.6) is 0 Å². The number of methoxy groups -OCH3 is 2. The molecule has 1 aromatic carbocycles. The Morgan fingerprint density at radius 3 is 2.26 bits per heavy atom. The van der Waals surface area contributed by atoms with Crippen molar-refractivity contribution in [2.45, 2.75) is 55.8 Å². The molecule has 2 aliphatic rings. The number of carbonyl (C=O) groups excluding carboxylic acids is 1. The first-order valence-electron chi connectivity index (χ1n) is 11.5. The average Bonchev–Trinajstić information content (AvgIpc) is 3.29. The van der Waals surface area contributed by atoms with Gasteiger partial charge in [0.05, 0.1) is 19.8 Å². The van der Waals surface area contributed by atoms with E-state index in [2.05, 4.69) is 6.58 Å². The topological polar surface area (TPSA) is 72.5 Å². The SMILES string of the molecule is C=CCC1([C@H](COCOC)OC(=O)[C@@](OC)(c2ccccc2)C(F)(F)F)CCC2(CC1)OCCO2. The summed E-state index contributed by atoms with van der Waals surface area (Å²) in [5.74, 6) is -2.26. The molecule has 2 fully saturated rings. The predicted molar refractivity (Wildman–Crippen MR) is 119 cm³/mol. The predicted octanol–water partition coefficient (Wildman–Crippen LogP) is 4.50. The molecule has 2 atom stereocenters. The number of hydrogen-bond acceptors (Lipinski definition) is 7. The van der Waals surface area contributed by atoms with Crippen LogP contribution in [0, 0.1) is 5.41 Å². The highest BCUT2D eigenvalue weighted by molar-refractivity contribution is 5.83. The number of esters is 1. The summed E-state index contributed by atoms with van der Waals surface area (Å²) in [6, 6.07) is 6.74. The molecule has 0 bridgehead atoms. The third-order valence-electron chi connectivity index (χ3n) is 6.95. The van der Waals surface area contributed by atoms with Crippen molar-refractivity contribution in [3.05, 3.63) is 48.6 Å². The van der Waals surface area contributed by atoms with Gasteiger partial charge in [-0.3, -0.25) is 0 Å². The van der Waals surface area contributed by atoms with Gasteiger partial charge in [0.25, 0.3) is 5.60 Å². The summed E-state index contributed by atoms with van der Waals surface area (Å²) in [6.07, 6.45) is -2.06. The van der Waals surface area contributed by atoms with Crippen LogP contribution in [0.4, 0.5) is 13.2 Å². The molecule has 0 N–H and O–H groups in total. The van der Waals surface area contributed by atoms with Crippen LogP contribution in [-0.4, -0.2) is 64.9 Å². The lowest BCUT2D eigenvalue weighted by Crippen LogP contribution is -2.55. The minimum Gasteiger partial charge on any atom is -0.457 e. The number of benzene rings is 1. The van der Waals surface area contributed by atoms with Gasteiger partial charge in [-0.2, -0.15) is 13.2 Å². The van der Waals surface area contributed by atoms with Crippen molar-refractivity contribution in [1.29, 1.82) is 0 Å². The summed E-state index contributed by atoms with van der Waals surface area (Å²) in [4.78, 5) is 13.4. The molecular weight excluding hydrogens is 469 g/mol. The van der Waals surface area contributed by atoms with Crippen LogP contribution in [0.15, 0.2) is 43.0 Å². The first-order valence-corrected chi connectivity index (χ1v) is 11.5. The summed E-state index contributed by atoms with van der Waals surface area (Å²) in [6.45, 7) is 4.54. The van der Waals surface area contributed by atoms with E-state index in [0.717, 1.165) is 7.11 Å².